The molecular weight excluding hydrogens is 290 g/mol. The third-order valence-corrected chi connectivity index (χ3v) is 3.58. The lowest BCUT2D eigenvalue weighted by Gasteiger charge is -2.12. The van der Waals surface area contributed by atoms with E-state index in [4.69, 9.17) is 0 Å². The van der Waals surface area contributed by atoms with Gasteiger partial charge in [0.2, 0.25) is 0 Å². The molecule has 0 aliphatic rings. The van der Waals surface area contributed by atoms with Crippen molar-refractivity contribution in [3.8, 4) is 5.69 Å². The molecule has 1 aromatic heterocycles. The Hall–Kier alpha value is -1.13. The fraction of sp³-hybridized carbons (Fsp3) is 0.357. The van der Waals surface area contributed by atoms with Gasteiger partial charge in [-0.2, -0.15) is 0 Å². The Balaban J connectivity index is 2.22. The van der Waals surface area contributed by atoms with Gasteiger partial charge in [0.15, 0.2) is 0 Å². The molecule has 96 valence electrons. The SMILES string of the molecule is Cc1nccn1-c1ccc(CNC(C)C)c(Br)c1. The number of aromatic nitrogens is 2. The molecule has 0 aliphatic carbocycles. The highest BCUT2D eigenvalue weighted by Crippen LogP contribution is 2.21. The Morgan fingerprint density at radius 1 is 1.39 bits per heavy atom. The number of imidazole rings is 1. The summed E-state index contributed by atoms with van der Waals surface area (Å²) in [6.45, 7) is 7.18. The van der Waals surface area contributed by atoms with Gasteiger partial charge in [-0.25, -0.2) is 4.98 Å². The Morgan fingerprint density at radius 2 is 2.17 bits per heavy atom. The summed E-state index contributed by atoms with van der Waals surface area (Å²) in [4.78, 5) is 4.24. The molecule has 4 heteroatoms. The van der Waals surface area contributed by atoms with Crippen LogP contribution in [0.2, 0.25) is 0 Å². The highest BCUT2D eigenvalue weighted by Gasteiger charge is 2.05. The third kappa shape index (κ3) is 3.00. The molecule has 0 aliphatic heterocycles. The van der Waals surface area contributed by atoms with Crippen LogP contribution in [0.4, 0.5) is 0 Å². The van der Waals surface area contributed by atoms with Crippen molar-refractivity contribution in [3.05, 3.63) is 46.5 Å². The first-order valence-electron chi connectivity index (χ1n) is 6.10. The largest absolute Gasteiger partial charge is 0.310 e. The number of hydrogen-bond acceptors (Lipinski definition) is 2. The van der Waals surface area contributed by atoms with Crippen molar-refractivity contribution in [1.29, 1.82) is 0 Å². The zero-order chi connectivity index (χ0) is 13.1. The lowest BCUT2D eigenvalue weighted by Crippen LogP contribution is -2.22. The van der Waals surface area contributed by atoms with Crippen LogP contribution in [0, 0.1) is 6.92 Å². The summed E-state index contributed by atoms with van der Waals surface area (Å²) in [6.07, 6.45) is 3.79. The Bertz CT molecular complexity index is 532. The molecule has 0 unspecified atom stereocenters. The van der Waals surface area contributed by atoms with Crippen LogP contribution in [-0.4, -0.2) is 15.6 Å². The fourth-order valence-electron chi connectivity index (χ4n) is 1.79. The molecule has 18 heavy (non-hydrogen) atoms. The number of halogens is 1. The molecule has 3 nitrogen and oxygen atoms in total. The van der Waals surface area contributed by atoms with Crippen LogP contribution in [-0.2, 0) is 6.54 Å². The highest BCUT2D eigenvalue weighted by atomic mass is 79.9. The minimum atomic E-state index is 0.493. The Morgan fingerprint density at radius 3 is 2.72 bits per heavy atom. The second-order valence-electron chi connectivity index (χ2n) is 4.66. The van der Waals surface area contributed by atoms with E-state index in [0.717, 1.165) is 22.5 Å². The zero-order valence-electron chi connectivity index (χ0n) is 10.9. The minimum absolute atomic E-state index is 0.493. The molecule has 0 amide bonds. The van der Waals surface area contributed by atoms with E-state index in [-0.39, 0.29) is 0 Å². The average molecular weight is 308 g/mol. The molecular formula is C14H18BrN3. The normalized spacial score (nSPS) is 11.2. The third-order valence-electron chi connectivity index (χ3n) is 2.84. The standard InChI is InChI=1S/C14H18BrN3/c1-10(2)17-9-12-4-5-13(8-14(12)15)18-7-6-16-11(18)3/h4-8,10,17H,9H2,1-3H3. The van der Waals surface area contributed by atoms with Crippen molar-refractivity contribution in [1.82, 2.24) is 14.9 Å². The molecule has 1 heterocycles. The highest BCUT2D eigenvalue weighted by molar-refractivity contribution is 9.10. The van der Waals surface area contributed by atoms with E-state index in [0.29, 0.717) is 6.04 Å². The maximum absolute atomic E-state index is 4.24. The number of nitrogens with zero attached hydrogens (tertiary/aromatic N) is 2. The molecule has 0 atom stereocenters. The number of aryl methyl sites for hydroxylation is 1. The van der Waals surface area contributed by atoms with Crippen LogP contribution >= 0.6 is 15.9 Å². The van der Waals surface area contributed by atoms with Gasteiger partial charge in [-0.1, -0.05) is 35.8 Å². The molecule has 0 bridgehead atoms. The molecule has 2 rings (SSSR count). The maximum atomic E-state index is 4.24. The number of nitrogens with one attached hydrogen (secondary N) is 1. The quantitative estimate of drug-likeness (QED) is 0.937. The smallest absolute Gasteiger partial charge is 0.110 e. The van der Waals surface area contributed by atoms with E-state index in [1.807, 2.05) is 19.3 Å². The molecule has 0 radical (unpaired) electrons. The zero-order valence-corrected chi connectivity index (χ0v) is 12.5. The molecule has 0 spiro atoms. The maximum Gasteiger partial charge on any atom is 0.110 e. The monoisotopic (exact) mass is 307 g/mol. The van der Waals surface area contributed by atoms with Gasteiger partial charge in [0.05, 0.1) is 0 Å². The van der Waals surface area contributed by atoms with Gasteiger partial charge in [-0.05, 0) is 24.6 Å². The summed E-state index contributed by atoms with van der Waals surface area (Å²) in [5, 5.41) is 3.42. The van der Waals surface area contributed by atoms with Crippen molar-refractivity contribution in [3.63, 3.8) is 0 Å². The van der Waals surface area contributed by atoms with Crippen molar-refractivity contribution in [2.45, 2.75) is 33.4 Å². The van der Waals surface area contributed by atoms with Crippen molar-refractivity contribution >= 4 is 15.9 Å². The summed E-state index contributed by atoms with van der Waals surface area (Å²) in [7, 11) is 0. The Kier molecular flexibility index (Phi) is 4.19. The predicted octanol–water partition coefficient (Wildman–Crippen LogP) is 3.44. The second-order valence-corrected chi connectivity index (χ2v) is 5.51. The summed E-state index contributed by atoms with van der Waals surface area (Å²) < 4.78 is 3.20. The van der Waals surface area contributed by atoms with E-state index in [9.17, 15) is 0 Å². The van der Waals surface area contributed by atoms with Gasteiger partial charge in [-0.3, -0.25) is 0 Å². The summed E-state index contributed by atoms with van der Waals surface area (Å²) in [5.41, 5.74) is 2.40. The van der Waals surface area contributed by atoms with Crippen LogP contribution in [0.25, 0.3) is 5.69 Å². The predicted molar refractivity (Wildman–Crippen MR) is 78.0 cm³/mol. The van der Waals surface area contributed by atoms with Gasteiger partial charge in [0.25, 0.3) is 0 Å². The number of benzene rings is 1. The van der Waals surface area contributed by atoms with Crippen molar-refractivity contribution in [2.75, 3.05) is 0 Å². The lowest BCUT2D eigenvalue weighted by molar-refractivity contribution is 0.588. The first-order valence-corrected chi connectivity index (χ1v) is 6.89. The van der Waals surface area contributed by atoms with Crippen molar-refractivity contribution < 1.29 is 0 Å². The molecule has 0 fully saturated rings. The molecule has 1 N–H and O–H groups in total. The molecule has 2 aromatic rings. The van der Waals surface area contributed by atoms with Gasteiger partial charge < -0.3 is 9.88 Å². The first-order chi connectivity index (χ1) is 8.58. The van der Waals surface area contributed by atoms with Gasteiger partial charge >= 0.3 is 0 Å². The van der Waals surface area contributed by atoms with Crippen LogP contribution < -0.4 is 5.32 Å². The van der Waals surface area contributed by atoms with E-state index in [1.165, 1.54) is 5.56 Å². The molecule has 0 saturated heterocycles. The lowest BCUT2D eigenvalue weighted by atomic mass is 10.2. The van der Waals surface area contributed by atoms with E-state index in [2.05, 4.69) is 62.8 Å². The summed E-state index contributed by atoms with van der Waals surface area (Å²) in [5.74, 6) is 0.995. The minimum Gasteiger partial charge on any atom is -0.310 e. The Labute approximate surface area is 116 Å². The van der Waals surface area contributed by atoms with Gasteiger partial charge in [-0.15, -0.1) is 0 Å². The van der Waals surface area contributed by atoms with Crippen molar-refractivity contribution in [2.24, 2.45) is 0 Å². The second kappa shape index (κ2) is 5.67. The average Bonchev–Trinajstić information content (AvgIpc) is 2.73. The van der Waals surface area contributed by atoms with Crippen LogP contribution in [0.15, 0.2) is 35.1 Å². The van der Waals surface area contributed by atoms with Crippen LogP contribution in [0.1, 0.15) is 25.2 Å². The summed E-state index contributed by atoms with van der Waals surface area (Å²) in [6, 6.07) is 6.89. The van der Waals surface area contributed by atoms with Gasteiger partial charge in [0.1, 0.15) is 5.82 Å². The fourth-order valence-corrected chi connectivity index (χ4v) is 2.30. The number of rotatable bonds is 4. The van der Waals surface area contributed by atoms with E-state index >= 15 is 0 Å². The topological polar surface area (TPSA) is 29.9 Å². The molecule has 0 saturated carbocycles. The number of hydrogen-bond donors (Lipinski definition) is 1. The van der Waals surface area contributed by atoms with E-state index < -0.39 is 0 Å². The first kappa shape index (κ1) is 13.3. The van der Waals surface area contributed by atoms with Gasteiger partial charge in [0, 0.05) is 35.1 Å². The summed E-state index contributed by atoms with van der Waals surface area (Å²) >= 11 is 3.63. The van der Waals surface area contributed by atoms with E-state index in [1.54, 1.807) is 0 Å². The molecule has 1 aromatic carbocycles. The van der Waals surface area contributed by atoms with Crippen LogP contribution in [0.3, 0.4) is 0 Å². The van der Waals surface area contributed by atoms with Crippen LogP contribution in [0.5, 0.6) is 0 Å².